The molecule has 2 heterocycles. The predicted octanol–water partition coefficient (Wildman–Crippen LogP) is 5.07. The van der Waals surface area contributed by atoms with Gasteiger partial charge in [0.15, 0.2) is 0 Å². The molecule has 0 saturated carbocycles. The summed E-state index contributed by atoms with van der Waals surface area (Å²) in [5.41, 5.74) is -1.97. The van der Waals surface area contributed by atoms with Gasteiger partial charge in [0.1, 0.15) is 29.1 Å². The third-order valence-electron chi connectivity index (χ3n) is 5.13. The normalized spacial score (nSPS) is 18.1. The van der Waals surface area contributed by atoms with Gasteiger partial charge in [-0.25, -0.2) is 4.39 Å². The Bertz CT molecular complexity index is 1260. The van der Waals surface area contributed by atoms with Crippen LogP contribution in [0.1, 0.15) is 22.9 Å². The average Bonchev–Trinajstić information content (AvgIpc) is 3.40. The molecule has 10 heteroatoms. The summed E-state index contributed by atoms with van der Waals surface area (Å²) in [5, 5.41) is 11.0. The molecule has 0 aliphatic carbocycles. The zero-order chi connectivity index (χ0) is 23.9. The van der Waals surface area contributed by atoms with Crippen molar-refractivity contribution >= 4 is 23.1 Å². The van der Waals surface area contributed by atoms with Crippen LogP contribution in [0, 0.1) is 5.82 Å². The zero-order valence-electron chi connectivity index (χ0n) is 16.9. The van der Waals surface area contributed by atoms with E-state index in [1.54, 1.807) is 0 Å². The Morgan fingerprint density at radius 3 is 2.48 bits per heavy atom. The highest BCUT2D eigenvalue weighted by atomic mass is 19.4. The number of rotatable bonds is 4. The number of methoxy groups -OCH3 is 1. The second kappa shape index (κ2) is 8.12. The van der Waals surface area contributed by atoms with Crippen molar-refractivity contribution in [2.75, 3.05) is 12.0 Å². The third-order valence-corrected chi connectivity index (χ3v) is 5.13. The Morgan fingerprint density at radius 2 is 1.85 bits per heavy atom. The van der Waals surface area contributed by atoms with Crippen molar-refractivity contribution in [2.24, 2.45) is 0 Å². The van der Waals surface area contributed by atoms with Crippen LogP contribution < -0.4 is 9.64 Å². The summed E-state index contributed by atoms with van der Waals surface area (Å²) in [6.45, 7) is 0. The summed E-state index contributed by atoms with van der Waals surface area (Å²) in [4.78, 5) is 26.7. The second-order valence-corrected chi connectivity index (χ2v) is 7.08. The number of carbonyl (C=O) groups excluding carboxylic acids is 2. The fraction of sp³-hybridized carbons (Fsp3) is 0.130. The van der Waals surface area contributed by atoms with Crippen LogP contribution in [0.3, 0.4) is 0 Å². The number of furan rings is 1. The number of hydrogen-bond donors (Lipinski definition) is 1. The molecule has 0 spiro atoms. The first-order chi connectivity index (χ1) is 15.6. The highest BCUT2D eigenvalue weighted by molar-refractivity contribution is 6.51. The van der Waals surface area contributed by atoms with Crippen LogP contribution in [-0.2, 0) is 15.8 Å². The summed E-state index contributed by atoms with van der Waals surface area (Å²) >= 11 is 0. The van der Waals surface area contributed by atoms with E-state index in [4.69, 9.17) is 9.15 Å². The van der Waals surface area contributed by atoms with Crippen molar-refractivity contribution in [3.63, 3.8) is 0 Å². The van der Waals surface area contributed by atoms with E-state index in [9.17, 15) is 32.3 Å². The average molecular weight is 461 g/mol. The third kappa shape index (κ3) is 3.84. The molecule has 1 aliphatic heterocycles. The molecule has 1 saturated heterocycles. The lowest BCUT2D eigenvalue weighted by molar-refractivity contribution is -0.137. The van der Waals surface area contributed by atoms with Crippen LogP contribution in [0.2, 0.25) is 0 Å². The number of ether oxygens (including phenoxy) is 1. The molecule has 1 atom stereocenters. The molecule has 4 rings (SSSR count). The number of benzene rings is 2. The van der Waals surface area contributed by atoms with Gasteiger partial charge in [0.05, 0.1) is 30.1 Å². The molecule has 0 radical (unpaired) electrons. The molecule has 33 heavy (non-hydrogen) atoms. The molecule has 1 fully saturated rings. The maximum absolute atomic E-state index is 13.9. The van der Waals surface area contributed by atoms with Crippen LogP contribution in [0.15, 0.2) is 70.9 Å². The number of ketones is 1. The molecule has 1 aliphatic rings. The molecule has 2 aromatic carbocycles. The first-order valence-electron chi connectivity index (χ1n) is 9.49. The highest BCUT2D eigenvalue weighted by Crippen LogP contribution is 2.44. The Kier molecular flexibility index (Phi) is 5.44. The molecule has 0 bridgehead atoms. The van der Waals surface area contributed by atoms with Crippen LogP contribution in [0.4, 0.5) is 23.2 Å². The summed E-state index contributed by atoms with van der Waals surface area (Å²) in [6, 6.07) is 8.48. The Labute approximate surface area is 184 Å². The summed E-state index contributed by atoms with van der Waals surface area (Å²) in [6.07, 6.45) is -3.46. The van der Waals surface area contributed by atoms with E-state index in [1.807, 2.05) is 0 Å². The van der Waals surface area contributed by atoms with Crippen molar-refractivity contribution in [2.45, 2.75) is 12.2 Å². The smallest absolute Gasteiger partial charge is 0.416 e. The summed E-state index contributed by atoms with van der Waals surface area (Å²) in [7, 11) is 1.26. The highest BCUT2D eigenvalue weighted by Gasteiger charge is 2.49. The number of anilines is 1. The van der Waals surface area contributed by atoms with Crippen molar-refractivity contribution in [1.29, 1.82) is 0 Å². The number of Topliss-reactive ketones (excluding diaryl/α,β-unsaturated/α-hetero) is 1. The van der Waals surface area contributed by atoms with Gasteiger partial charge in [-0.2, -0.15) is 13.2 Å². The molecule has 170 valence electrons. The molecule has 1 amide bonds. The van der Waals surface area contributed by atoms with E-state index < -0.39 is 46.6 Å². The fourth-order valence-corrected chi connectivity index (χ4v) is 3.66. The Balaban J connectivity index is 1.95. The summed E-state index contributed by atoms with van der Waals surface area (Å²) < 4.78 is 64.1. The van der Waals surface area contributed by atoms with Crippen molar-refractivity contribution in [3.05, 3.63) is 89.1 Å². The minimum absolute atomic E-state index is 0.00327. The van der Waals surface area contributed by atoms with Crippen LogP contribution >= 0.6 is 0 Å². The fourth-order valence-electron chi connectivity index (χ4n) is 3.66. The number of alkyl halides is 3. The quantitative estimate of drug-likeness (QED) is 0.254. The lowest BCUT2D eigenvalue weighted by Gasteiger charge is -2.24. The molecule has 3 aromatic rings. The van der Waals surface area contributed by atoms with E-state index >= 15 is 0 Å². The largest absolute Gasteiger partial charge is 0.507 e. The van der Waals surface area contributed by atoms with Crippen LogP contribution in [-0.4, -0.2) is 23.9 Å². The molecule has 1 unspecified atom stereocenters. The summed E-state index contributed by atoms with van der Waals surface area (Å²) in [5.74, 6) is -3.87. The van der Waals surface area contributed by atoms with Gasteiger partial charge < -0.3 is 14.3 Å². The van der Waals surface area contributed by atoms with E-state index in [2.05, 4.69) is 0 Å². The van der Waals surface area contributed by atoms with Crippen molar-refractivity contribution in [1.82, 2.24) is 0 Å². The molecule has 1 N–H and O–H groups in total. The number of hydrogen-bond acceptors (Lipinski definition) is 5. The number of carbonyl (C=O) groups is 2. The molecule has 1 aromatic heterocycles. The number of halogens is 4. The minimum Gasteiger partial charge on any atom is -0.507 e. The van der Waals surface area contributed by atoms with Crippen LogP contribution in [0.5, 0.6) is 5.75 Å². The van der Waals surface area contributed by atoms with Gasteiger partial charge in [-0.05, 0) is 48.5 Å². The van der Waals surface area contributed by atoms with Gasteiger partial charge in [-0.3, -0.25) is 14.5 Å². The monoisotopic (exact) mass is 461 g/mol. The molecular formula is C23H15F4NO5. The lowest BCUT2D eigenvalue weighted by atomic mass is 9.98. The molecular weight excluding hydrogens is 446 g/mol. The van der Waals surface area contributed by atoms with E-state index in [0.717, 1.165) is 29.2 Å². The van der Waals surface area contributed by atoms with Crippen molar-refractivity contribution in [3.8, 4) is 5.75 Å². The van der Waals surface area contributed by atoms with Gasteiger partial charge in [0.25, 0.3) is 11.7 Å². The second-order valence-electron chi connectivity index (χ2n) is 7.08. The van der Waals surface area contributed by atoms with Crippen molar-refractivity contribution < 1.29 is 41.4 Å². The maximum Gasteiger partial charge on any atom is 0.416 e. The minimum atomic E-state index is -4.70. The molecule has 6 nitrogen and oxygen atoms in total. The Hall–Kier alpha value is -4.08. The zero-order valence-corrected chi connectivity index (χ0v) is 16.9. The standard InChI is InChI=1S/C23H15F4NO5/c1-32-16-8-7-13(24)11-15(16)20(29)18-19(17-6-3-9-33-17)28(22(31)21(18)30)14-5-2-4-12(10-14)23(25,26)27/h2-11,19,29H,1H3/b20-18-. The number of aliphatic hydroxyl groups is 1. The maximum atomic E-state index is 13.9. The van der Waals surface area contributed by atoms with E-state index in [0.29, 0.717) is 6.07 Å². The van der Waals surface area contributed by atoms with Gasteiger partial charge in [-0.15, -0.1) is 0 Å². The van der Waals surface area contributed by atoms with E-state index in [-0.39, 0.29) is 22.8 Å². The first-order valence-corrected chi connectivity index (χ1v) is 9.49. The van der Waals surface area contributed by atoms with Gasteiger partial charge in [0.2, 0.25) is 0 Å². The number of aliphatic hydroxyl groups excluding tert-OH is 1. The predicted molar refractivity (Wildman–Crippen MR) is 108 cm³/mol. The van der Waals surface area contributed by atoms with Gasteiger partial charge >= 0.3 is 6.18 Å². The van der Waals surface area contributed by atoms with E-state index in [1.165, 1.54) is 37.6 Å². The topological polar surface area (TPSA) is 80.0 Å². The Morgan fingerprint density at radius 1 is 1.09 bits per heavy atom. The van der Waals surface area contributed by atoms with Crippen LogP contribution in [0.25, 0.3) is 5.76 Å². The number of amides is 1. The first kappa shape index (κ1) is 22.1. The van der Waals surface area contributed by atoms with Gasteiger partial charge in [0, 0.05) is 5.69 Å². The number of nitrogens with zero attached hydrogens (tertiary/aromatic N) is 1. The lowest BCUT2D eigenvalue weighted by Crippen LogP contribution is -2.29. The SMILES string of the molecule is COc1ccc(F)cc1/C(O)=C1/C(=O)C(=O)N(c2cccc(C(F)(F)F)c2)C1c1ccco1. The van der Waals surface area contributed by atoms with Gasteiger partial charge in [-0.1, -0.05) is 6.07 Å².